The van der Waals surface area contributed by atoms with Crippen LogP contribution in [0.4, 0.5) is 5.69 Å². The van der Waals surface area contributed by atoms with Crippen LogP contribution in [0.5, 0.6) is 0 Å². The summed E-state index contributed by atoms with van der Waals surface area (Å²) in [4.78, 5) is 13.3. The van der Waals surface area contributed by atoms with Crippen LogP contribution >= 0.6 is 15.9 Å². The normalized spacial score (nSPS) is 24.8. The van der Waals surface area contributed by atoms with Crippen molar-refractivity contribution in [1.29, 1.82) is 0 Å². The summed E-state index contributed by atoms with van der Waals surface area (Å²) in [6.45, 7) is 3.18. The molecule has 1 atom stereocenters. The molecule has 1 aliphatic rings. The molecule has 16 heavy (non-hydrogen) atoms. The van der Waals surface area contributed by atoms with Crippen LogP contribution in [-0.4, -0.2) is 24.2 Å². The lowest BCUT2D eigenvalue weighted by molar-refractivity contribution is -0.146. The largest absolute Gasteiger partial charge is 0.481 e. The van der Waals surface area contributed by atoms with Gasteiger partial charge in [-0.25, -0.2) is 0 Å². The van der Waals surface area contributed by atoms with E-state index in [2.05, 4.69) is 20.8 Å². The fourth-order valence-corrected chi connectivity index (χ4v) is 2.59. The molecule has 1 heterocycles. The second-order valence-corrected chi connectivity index (χ2v) is 5.34. The van der Waals surface area contributed by atoms with Gasteiger partial charge in [0.05, 0.1) is 11.1 Å². The molecule has 4 heteroatoms. The first kappa shape index (κ1) is 11.5. The van der Waals surface area contributed by atoms with Crippen molar-refractivity contribution >= 4 is 27.6 Å². The summed E-state index contributed by atoms with van der Waals surface area (Å²) < 4.78 is 1.02. The molecule has 0 radical (unpaired) electrons. The monoisotopic (exact) mass is 283 g/mol. The minimum Gasteiger partial charge on any atom is -0.481 e. The zero-order valence-corrected chi connectivity index (χ0v) is 10.7. The summed E-state index contributed by atoms with van der Waals surface area (Å²) in [6.07, 6.45) is 0.698. The van der Waals surface area contributed by atoms with E-state index in [9.17, 15) is 4.79 Å². The van der Waals surface area contributed by atoms with Crippen molar-refractivity contribution in [3.63, 3.8) is 0 Å². The van der Waals surface area contributed by atoms with Crippen LogP contribution in [0.1, 0.15) is 13.3 Å². The lowest BCUT2D eigenvalue weighted by atomic mass is 9.90. The molecule has 1 aliphatic heterocycles. The maximum absolute atomic E-state index is 11.1. The molecule has 1 N–H and O–H groups in total. The molecule has 3 nitrogen and oxygen atoms in total. The van der Waals surface area contributed by atoms with Crippen molar-refractivity contribution < 1.29 is 9.90 Å². The smallest absolute Gasteiger partial charge is 0.311 e. The predicted octanol–water partition coefficient (Wildman–Crippen LogP) is 2.75. The molecular weight excluding hydrogens is 270 g/mol. The number of halogens is 1. The Hall–Kier alpha value is -1.03. The molecule has 0 aromatic heterocycles. The molecule has 1 fully saturated rings. The van der Waals surface area contributed by atoms with Gasteiger partial charge in [-0.3, -0.25) is 4.79 Å². The van der Waals surface area contributed by atoms with Crippen LogP contribution in [0.2, 0.25) is 0 Å². The number of rotatable bonds is 2. The van der Waals surface area contributed by atoms with E-state index in [0.717, 1.165) is 16.7 Å². The SMILES string of the molecule is CC1(C(=O)O)CCN(c2ccccc2Br)C1. The zero-order chi connectivity index (χ0) is 11.8. The van der Waals surface area contributed by atoms with Gasteiger partial charge in [-0.2, -0.15) is 0 Å². The second-order valence-electron chi connectivity index (χ2n) is 4.49. The third kappa shape index (κ3) is 1.94. The Kier molecular flexibility index (Phi) is 2.93. The fourth-order valence-electron chi connectivity index (χ4n) is 2.05. The van der Waals surface area contributed by atoms with E-state index < -0.39 is 11.4 Å². The molecule has 1 aromatic carbocycles. The van der Waals surface area contributed by atoms with Crippen LogP contribution in [0.3, 0.4) is 0 Å². The van der Waals surface area contributed by atoms with Crippen LogP contribution in [0.15, 0.2) is 28.7 Å². The fraction of sp³-hybridized carbons (Fsp3) is 0.417. The highest BCUT2D eigenvalue weighted by molar-refractivity contribution is 9.10. The minimum absolute atomic E-state index is 0.574. The first-order chi connectivity index (χ1) is 7.53. The number of carboxylic acids is 1. The molecule has 1 unspecified atom stereocenters. The second kappa shape index (κ2) is 4.09. The Balaban J connectivity index is 2.22. The summed E-state index contributed by atoms with van der Waals surface area (Å²) in [7, 11) is 0. The maximum atomic E-state index is 11.1. The van der Waals surface area contributed by atoms with Crippen molar-refractivity contribution in [3.05, 3.63) is 28.7 Å². The zero-order valence-electron chi connectivity index (χ0n) is 9.11. The number of nitrogens with zero attached hydrogens (tertiary/aromatic N) is 1. The van der Waals surface area contributed by atoms with Gasteiger partial charge in [0.15, 0.2) is 0 Å². The van der Waals surface area contributed by atoms with Crippen molar-refractivity contribution in [3.8, 4) is 0 Å². The van der Waals surface area contributed by atoms with Gasteiger partial charge in [-0.05, 0) is 41.4 Å². The van der Waals surface area contributed by atoms with Gasteiger partial charge in [0.25, 0.3) is 0 Å². The standard InChI is InChI=1S/C12H14BrNO2/c1-12(11(15)16)6-7-14(8-12)10-5-3-2-4-9(10)13/h2-5H,6-8H2,1H3,(H,15,16). The highest BCUT2D eigenvalue weighted by Gasteiger charge is 2.40. The van der Waals surface area contributed by atoms with Crippen LogP contribution in [0, 0.1) is 5.41 Å². The molecule has 0 amide bonds. The highest BCUT2D eigenvalue weighted by atomic mass is 79.9. The molecule has 1 saturated heterocycles. The Labute approximate surface area is 103 Å². The Morgan fingerprint density at radius 1 is 1.50 bits per heavy atom. The van der Waals surface area contributed by atoms with Crippen molar-refractivity contribution in [1.82, 2.24) is 0 Å². The molecule has 0 bridgehead atoms. The Morgan fingerprint density at radius 2 is 2.19 bits per heavy atom. The molecule has 0 saturated carbocycles. The third-order valence-corrected chi connectivity index (χ3v) is 3.85. The number of benzene rings is 1. The average molecular weight is 284 g/mol. The van der Waals surface area contributed by atoms with E-state index in [1.807, 2.05) is 31.2 Å². The average Bonchev–Trinajstić information content (AvgIpc) is 2.63. The Bertz CT molecular complexity index is 421. The number of carbonyl (C=O) groups is 1. The van der Waals surface area contributed by atoms with E-state index in [1.165, 1.54) is 0 Å². The number of hydrogen-bond acceptors (Lipinski definition) is 2. The number of para-hydroxylation sites is 1. The summed E-state index contributed by atoms with van der Waals surface area (Å²) in [5.41, 5.74) is 0.461. The molecule has 0 aliphatic carbocycles. The van der Waals surface area contributed by atoms with E-state index in [0.29, 0.717) is 13.0 Å². The van der Waals surface area contributed by atoms with Crippen LogP contribution in [0.25, 0.3) is 0 Å². The summed E-state index contributed by atoms with van der Waals surface area (Å²) in [6, 6.07) is 7.92. The highest BCUT2D eigenvalue weighted by Crippen LogP contribution is 2.36. The topological polar surface area (TPSA) is 40.5 Å². The molecule has 86 valence electrons. The maximum Gasteiger partial charge on any atom is 0.311 e. The van der Waals surface area contributed by atoms with Gasteiger partial charge in [0.1, 0.15) is 0 Å². The van der Waals surface area contributed by atoms with E-state index in [-0.39, 0.29) is 0 Å². The number of carboxylic acid groups (broad SMARTS) is 1. The quantitative estimate of drug-likeness (QED) is 0.907. The van der Waals surface area contributed by atoms with E-state index in [1.54, 1.807) is 0 Å². The third-order valence-electron chi connectivity index (χ3n) is 3.18. The van der Waals surface area contributed by atoms with Gasteiger partial charge in [0.2, 0.25) is 0 Å². The first-order valence-electron chi connectivity index (χ1n) is 5.26. The number of hydrogen-bond donors (Lipinski definition) is 1. The van der Waals surface area contributed by atoms with Gasteiger partial charge in [-0.1, -0.05) is 12.1 Å². The molecular formula is C12H14BrNO2. The van der Waals surface area contributed by atoms with Gasteiger partial charge >= 0.3 is 5.97 Å². The van der Waals surface area contributed by atoms with Gasteiger partial charge < -0.3 is 10.0 Å². The van der Waals surface area contributed by atoms with Gasteiger partial charge in [0, 0.05) is 17.6 Å². The lowest BCUT2D eigenvalue weighted by Crippen LogP contribution is -2.31. The van der Waals surface area contributed by atoms with Crippen molar-refractivity contribution in [2.45, 2.75) is 13.3 Å². The lowest BCUT2D eigenvalue weighted by Gasteiger charge is -2.22. The Morgan fingerprint density at radius 3 is 2.75 bits per heavy atom. The minimum atomic E-state index is -0.706. The number of anilines is 1. The number of aliphatic carboxylic acids is 1. The van der Waals surface area contributed by atoms with Crippen molar-refractivity contribution in [2.75, 3.05) is 18.0 Å². The van der Waals surface area contributed by atoms with Crippen molar-refractivity contribution in [2.24, 2.45) is 5.41 Å². The summed E-state index contributed by atoms with van der Waals surface area (Å²) >= 11 is 3.49. The summed E-state index contributed by atoms with van der Waals surface area (Å²) in [5, 5.41) is 9.17. The molecule has 0 spiro atoms. The van der Waals surface area contributed by atoms with E-state index in [4.69, 9.17) is 5.11 Å². The van der Waals surface area contributed by atoms with Crippen LogP contribution in [-0.2, 0) is 4.79 Å². The van der Waals surface area contributed by atoms with E-state index >= 15 is 0 Å². The molecule has 1 aromatic rings. The molecule has 2 rings (SSSR count). The van der Waals surface area contributed by atoms with Gasteiger partial charge in [-0.15, -0.1) is 0 Å². The first-order valence-corrected chi connectivity index (χ1v) is 6.05. The predicted molar refractivity (Wildman–Crippen MR) is 66.7 cm³/mol. The van der Waals surface area contributed by atoms with Crippen LogP contribution < -0.4 is 4.90 Å². The summed E-state index contributed by atoms with van der Waals surface area (Å²) in [5.74, 6) is -0.706.